The molecule has 1 aliphatic rings. The molecule has 0 spiro atoms. The van der Waals surface area contributed by atoms with E-state index in [1.807, 2.05) is 0 Å². The minimum absolute atomic E-state index is 0.951. The first-order valence-electron chi connectivity index (χ1n) is 8.91. The highest BCUT2D eigenvalue weighted by Gasteiger charge is 2.29. The van der Waals surface area contributed by atoms with E-state index in [1.54, 1.807) is 0 Å². The van der Waals surface area contributed by atoms with Crippen molar-refractivity contribution < 1.29 is 0 Å². The van der Waals surface area contributed by atoms with E-state index in [0.29, 0.717) is 0 Å². The average molecular weight is 268 g/mol. The van der Waals surface area contributed by atoms with Gasteiger partial charge in [0.2, 0.25) is 0 Å². The quantitative estimate of drug-likeness (QED) is 0.601. The Bertz CT molecular complexity index is 212. The molecule has 1 N–H and O–H groups in total. The first kappa shape index (κ1) is 17.0. The molecule has 0 aliphatic heterocycles. The molecule has 0 radical (unpaired) electrons. The van der Waals surface area contributed by atoms with Crippen LogP contribution in [-0.2, 0) is 0 Å². The third kappa shape index (κ3) is 6.29. The number of hydrogen-bond acceptors (Lipinski definition) is 1. The van der Waals surface area contributed by atoms with Gasteiger partial charge >= 0.3 is 0 Å². The van der Waals surface area contributed by atoms with E-state index in [1.165, 1.54) is 57.9 Å². The van der Waals surface area contributed by atoms with E-state index in [2.05, 4.69) is 33.0 Å². The lowest BCUT2D eigenvalue weighted by molar-refractivity contribution is 0.150. The zero-order valence-corrected chi connectivity index (χ0v) is 13.9. The van der Waals surface area contributed by atoms with Gasteiger partial charge in [-0.15, -0.1) is 0 Å². The highest BCUT2D eigenvalue weighted by Crippen LogP contribution is 2.38. The van der Waals surface area contributed by atoms with Crippen molar-refractivity contribution in [2.75, 3.05) is 13.1 Å². The molecule has 0 aromatic heterocycles. The Hall–Kier alpha value is -0.0400. The number of nitrogens with one attached hydrogen (secondary N) is 1. The smallest absolute Gasteiger partial charge is 0.00180 e. The summed E-state index contributed by atoms with van der Waals surface area (Å²) in [5.41, 5.74) is 0. The highest BCUT2D eigenvalue weighted by atomic mass is 14.8. The highest BCUT2D eigenvalue weighted by molar-refractivity contribution is 4.81. The van der Waals surface area contributed by atoms with E-state index in [0.717, 1.165) is 30.2 Å². The van der Waals surface area contributed by atoms with Crippen molar-refractivity contribution in [3.8, 4) is 0 Å². The summed E-state index contributed by atoms with van der Waals surface area (Å²) < 4.78 is 0. The predicted octanol–water partition coefficient (Wildman–Crippen LogP) is 5.25. The Morgan fingerprint density at radius 3 is 2.53 bits per heavy atom. The molecule has 1 rings (SSSR count). The summed E-state index contributed by atoms with van der Waals surface area (Å²) in [6.45, 7) is 11.8. The van der Waals surface area contributed by atoms with Crippen LogP contribution >= 0.6 is 0 Å². The normalized spacial score (nSPS) is 29.4. The van der Waals surface area contributed by atoms with E-state index >= 15 is 0 Å². The summed E-state index contributed by atoms with van der Waals surface area (Å²) in [5.74, 6) is 3.89. The molecule has 0 aromatic carbocycles. The van der Waals surface area contributed by atoms with E-state index in [9.17, 15) is 0 Å². The summed E-state index contributed by atoms with van der Waals surface area (Å²) in [5, 5.41) is 3.60. The summed E-state index contributed by atoms with van der Waals surface area (Å²) in [6.07, 6.45) is 11.5. The topological polar surface area (TPSA) is 12.0 Å². The zero-order valence-electron chi connectivity index (χ0n) is 13.9. The second kappa shape index (κ2) is 9.80. The Morgan fingerprint density at radius 2 is 1.89 bits per heavy atom. The molecule has 1 nitrogen and oxygen atoms in total. The molecule has 0 heterocycles. The van der Waals surface area contributed by atoms with Gasteiger partial charge in [-0.05, 0) is 56.0 Å². The van der Waals surface area contributed by atoms with Crippen LogP contribution < -0.4 is 5.32 Å². The van der Waals surface area contributed by atoms with Gasteiger partial charge in [0.05, 0.1) is 0 Å². The summed E-state index contributed by atoms with van der Waals surface area (Å²) in [4.78, 5) is 0. The average Bonchev–Trinajstić information content (AvgIpc) is 2.42. The zero-order chi connectivity index (χ0) is 14.1. The van der Waals surface area contributed by atoms with Crippen molar-refractivity contribution in [1.29, 1.82) is 0 Å². The first-order valence-corrected chi connectivity index (χ1v) is 8.91. The molecule has 1 aliphatic carbocycles. The van der Waals surface area contributed by atoms with Gasteiger partial charge in [-0.25, -0.2) is 0 Å². The van der Waals surface area contributed by atoms with Gasteiger partial charge in [0, 0.05) is 0 Å². The van der Waals surface area contributed by atoms with Crippen LogP contribution in [0.5, 0.6) is 0 Å². The van der Waals surface area contributed by atoms with Crippen molar-refractivity contribution in [3.63, 3.8) is 0 Å². The fraction of sp³-hybridized carbons (Fsp3) is 1.00. The summed E-state index contributed by atoms with van der Waals surface area (Å²) >= 11 is 0. The van der Waals surface area contributed by atoms with Crippen molar-refractivity contribution in [3.05, 3.63) is 0 Å². The summed E-state index contributed by atoms with van der Waals surface area (Å²) in [7, 11) is 0. The largest absolute Gasteiger partial charge is 0.317 e. The second-order valence-corrected chi connectivity index (χ2v) is 6.90. The first-order chi connectivity index (χ1) is 9.21. The molecule has 1 saturated carbocycles. The monoisotopic (exact) mass is 267 g/mol. The van der Waals surface area contributed by atoms with Crippen LogP contribution in [-0.4, -0.2) is 13.1 Å². The van der Waals surface area contributed by atoms with Gasteiger partial charge in [-0.1, -0.05) is 59.8 Å². The van der Waals surface area contributed by atoms with Gasteiger partial charge < -0.3 is 5.32 Å². The Morgan fingerprint density at radius 1 is 1.11 bits per heavy atom. The molecule has 19 heavy (non-hydrogen) atoms. The van der Waals surface area contributed by atoms with Gasteiger partial charge in [-0.3, -0.25) is 0 Å². The molecule has 1 heteroatoms. The van der Waals surface area contributed by atoms with Crippen molar-refractivity contribution in [1.82, 2.24) is 5.32 Å². The van der Waals surface area contributed by atoms with Crippen LogP contribution in [0.15, 0.2) is 0 Å². The van der Waals surface area contributed by atoms with Crippen LogP contribution in [0.25, 0.3) is 0 Å². The molecular weight excluding hydrogens is 230 g/mol. The maximum absolute atomic E-state index is 3.60. The van der Waals surface area contributed by atoms with Crippen LogP contribution in [0.1, 0.15) is 79.1 Å². The minimum Gasteiger partial charge on any atom is -0.317 e. The van der Waals surface area contributed by atoms with Gasteiger partial charge in [-0.2, -0.15) is 0 Å². The van der Waals surface area contributed by atoms with Crippen LogP contribution in [0, 0.1) is 23.7 Å². The van der Waals surface area contributed by atoms with Gasteiger partial charge in [0.1, 0.15) is 0 Å². The Balaban J connectivity index is 2.47. The number of unbranched alkanes of at least 4 members (excludes halogenated alkanes) is 1. The molecule has 4 unspecified atom stereocenters. The fourth-order valence-electron chi connectivity index (χ4n) is 3.86. The van der Waals surface area contributed by atoms with Gasteiger partial charge in [0.15, 0.2) is 0 Å². The molecule has 0 amide bonds. The van der Waals surface area contributed by atoms with Gasteiger partial charge in [0.25, 0.3) is 0 Å². The van der Waals surface area contributed by atoms with E-state index < -0.39 is 0 Å². The lowest BCUT2D eigenvalue weighted by atomic mass is 9.70. The Labute approximate surface area is 121 Å². The predicted molar refractivity (Wildman–Crippen MR) is 86.5 cm³/mol. The van der Waals surface area contributed by atoms with Crippen molar-refractivity contribution in [2.45, 2.75) is 79.1 Å². The maximum Gasteiger partial charge on any atom is -0.00180 e. The maximum atomic E-state index is 3.60. The lowest BCUT2D eigenvalue weighted by Gasteiger charge is -2.37. The standard InChI is InChI=1S/C18H37N/c1-5-8-9-16(6-2)13-18-12-15(4)10-11-17(18)14-19-7-3/h15-19H,5-14H2,1-4H3. The molecule has 0 bridgehead atoms. The SMILES string of the molecule is CCCCC(CC)CC1CC(C)CCC1CNCC. The van der Waals surface area contributed by atoms with Crippen molar-refractivity contribution in [2.24, 2.45) is 23.7 Å². The van der Waals surface area contributed by atoms with Crippen molar-refractivity contribution >= 4 is 0 Å². The third-order valence-electron chi connectivity index (χ3n) is 5.24. The van der Waals surface area contributed by atoms with E-state index in [4.69, 9.17) is 0 Å². The lowest BCUT2D eigenvalue weighted by Crippen LogP contribution is -2.33. The van der Waals surface area contributed by atoms with E-state index in [-0.39, 0.29) is 0 Å². The minimum atomic E-state index is 0.951. The second-order valence-electron chi connectivity index (χ2n) is 6.90. The molecule has 0 saturated heterocycles. The molecule has 4 atom stereocenters. The number of rotatable bonds is 9. The number of hydrogen-bond donors (Lipinski definition) is 1. The van der Waals surface area contributed by atoms with Crippen LogP contribution in [0.4, 0.5) is 0 Å². The van der Waals surface area contributed by atoms with Crippen LogP contribution in [0.2, 0.25) is 0 Å². The third-order valence-corrected chi connectivity index (χ3v) is 5.24. The summed E-state index contributed by atoms with van der Waals surface area (Å²) in [6, 6.07) is 0. The molecule has 0 aromatic rings. The fourth-order valence-corrected chi connectivity index (χ4v) is 3.86. The molecule has 114 valence electrons. The van der Waals surface area contributed by atoms with Crippen LogP contribution in [0.3, 0.4) is 0 Å². The Kier molecular flexibility index (Phi) is 8.77. The molecular formula is C18H37N. The molecule has 1 fully saturated rings.